The van der Waals surface area contributed by atoms with Gasteiger partial charge >= 0.3 is 5.69 Å². The highest BCUT2D eigenvalue weighted by Gasteiger charge is 2.29. The number of nitro groups is 1. The van der Waals surface area contributed by atoms with Gasteiger partial charge in [0.25, 0.3) is 0 Å². The normalized spacial score (nSPS) is 20.1. The van der Waals surface area contributed by atoms with Crippen LogP contribution in [0.3, 0.4) is 0 Å². The number of rotatable bonds is 3. The van der Waals surface area contributed by atoms with E-state index in [4.69, 9.17) is 0 Å². The maximum atomic E-state index is 11.2. The first-order valence-electron chi connectivity index (χ1n) is 6.30. The van der Waals surface area contributed by atoms with E-state index in [2.05, 4.69) is 20.9 Å². The number of hydrogen-bond acceptors (Lipinski definition) is 5. The second kappa shape index (κ2) is 6.29. The predicted octanol–water partition coefficient (Wildman–Crippen LogP) is 2.49. The molecule has 0 bridgehead atoms. The van der Waals surface area contributed by atoms with Gasteiger partial charge in [-0.15, -0.1) is 0 Å². The maximum Gasteiger partial charge on any atom is 0.311 e. The topological polar surface area (TPSA) is 79.5 Å². The number of nitrogens with zero attached hydrogens (tertiary/aromatic N) is 3. The highest BCUT2D eigenvalue weighted by atomic mass is 79.9. The van der Waals surface area contributed by atoms with Crippen LogP contribution in [0.2, 0.25) is 0 Å². The average Bonchev–Trinajstić information content (AvgIpc) is 2.63. The van der Waals surface area contributed by atoms with Crippen LogP contribution < -0.4 is 4.90 Å². The fraction of sp³-hybridized carbons (Fsp3) is 0.583. The Kier molecular flexibility index (Phi) is 4.71. The summed E-state index contributed by atoms with van der Waals surface area (Å²) in [5.41, 5.74) is 0.510. The first-order valence-corrected chi connectivity index (χ1v) is 7.10. The van der Waals surface area contributed by atoms with Crippen molar-refractivity contribution in [2.45, 2.75) is 31.7 Å². The number of aliphatic hydroxyl groups is 1. The van der Waals surface area contributed by atoms with Crippen LogP contribution in [-0.2, 0) is 0 Å². The van der Waals surface area contributed by atoms with Gasteiger partial charge in [-0.05, 0) is 28.8 Å². The molecule has 2 heterocycles. The molecule has 104 valence electrons. The van der Waals surface area contributed by atoms with Crippen LogP contribution in [0, 0.1) is 10.1 Å². The lowest BCUT2D eigenvalue weighted by Gasteiger charge is -2.30. The van der Waals surface area contributed by atoms with Crippen molar-refractivity contribution >= 4 is 27.3 Å². The first-order chi connectivity index (χ1) is 9.15. The van der Waals surface area contributed by atoms with Crippen molar-refractivity contribution in [3.63, 3.8) is 0 Å². The summed E-state index contributed by atoms with van der Waals surface area (Å²) in [4.78, 5) is 16.5. The minimum absolute atomic E-state index is 0.00587. The van der Waals surface area contributed by atoms with Crippen LogP contribution in [0.15, 0.2) is 16.9 Å². The molecule has 0 aliphatic carbocycles. The third-order valence-electron chi connectivity index (χ3n) is 3.43. The summed E-state index contributed by atoms with van der Waals surface area (Å²) >= 11 is 3.34. The Hall–Kier alpha value is -1.21. The van der Waals surface area contributed by atoms with Crippen LogP contribution in [0.1, 0.15) is 25.7 Å². The van der Waals surface area contributed by atoms with Crippen molar-refractivity contribution in [2.75, 3.05) is 18.1 Å². The van der Waals surface area contributed by atoms with Crippen molar-refractivity contribution in [3.05, 3.63) is 27.0 Å². The zero-order valence-corrected chi connectivity index (χ0v) is 12.0. The first kappa shape index (κ1) is 14.2. The van der Waals surface area contributed by atoms with Gasteiger partial charge in [-0.2, -0.15) is 0 Å². The van der Waals surface area contributed by atoms with Gasteiger partial charge in [0.15, 0.2) is 0 Å². The van der Waals surface area contributed by atoms with Gasteiger partial charge in [0.05, 0.1) is 22.0 Å². The van der Waals surface area contributed by atoms with Gasteiger partial charge in [-0.1, -0.05) is 12.8 Å². The molecule has 0 radical (unpaired) electrons. The Labute approximate surface area is 119 Å². The summed E-state index contributed by atoms with van der Waals surface area (Å²) in [5, 5.41) is 20.7. The summed E-state index contributed by atoms with van der Waals surface area (Å²) in [6.45, 7) is 0.723. The lowest BCUT2D eigenvalue weighted by Crippen LogP contribution is -2.38. The van der Waals surface area contributed by atoms with E-state index in [1.54, 1.807) is 6.20 Å². The molecule has 1 aliphatic rings. The standard InChI is InChI=1S/C12H16BrN3O3/c13-10-6-14-7-11(16(18)19)12(10)15-5-3-1-2-4-9(15)8-17/h6-7,9,17H,1-5,8H2. The zero-order valence-electron chi connectivity index (χ0n) is 10.5. The monoisotopic (exact) mass is 329 g/mol. The van der Waals surface area contributed by atoms with Gasteiger partial charge in [-0.25, -0.2) is 0 Å². The highest BCUT2D eigenvalue weighted by Crippen LogP contribution is 2.37. The number of halogens is 1. The zero-order chi connectivity index (χ0) is 13.8. The Bertz CT molecular complexity index is 470. The number of aliphatic hydroxyl groups excluding tert-OH is 1. The van der Waals surface area contributed by atoms with Crippen LogP contribution in [0.5, 0.6) is 0 Å². The van der Waals surface area contributed by atoms with E-state index in [1.165, 1.54) is 6.20 Å². The molecule has 0 amide bonds. The van der Waals surface area contributed by atoms with Gasteiger partial charge < -0.3 is 10.0 Å². The highest BCUT2D eigenvalue weighted by molar-refractivity contribution is 9.10. The molecule has 0 spiro atoms. The summed E-state index contributed by atoms with van der Waals surface area (Å²) < 4.78 is 0.599. The molecule has 0 aromatic carbocycles. The Morgan fingerprint density at radius 2 is 2.26 bits per heavy atom. The van der Waals surface area contributed by atoms with E-state index in [1.807, 2.05) is 4.90 Å². The Morgan fingerprint density at radius 3 is 2.95 bits per heavy atom. The molecular weight excluding hydrogens is 314 g/mol. The molecule has 1 N–H and O–H groups in total. The molecule has 19 heavy (non-hydrogen) atoms. The van der Waals surface area contributed by atoms with Crippen molar-refractivity contribution < 1.29 is 10.0 Å². The molecule has 1 unspecified atom stereocenters. The third-order valence-corrected chi connectivity index (χ3v) is 4.01. The number of hydrogen-bond donors (Lipinski definition) is 1. The van der Waals surface area contributed by atoms with E-state index in [0.717, 1.165) is 25.7 Å². The Balaban J connectivity index is 2.45. The summed E-state index contributed by atoms with van der Waals surface area (Å²) in [6, 6.07) is -0.0695. The minimum Gasteiger partial charge on any atom is -0.394 e. The molecule has 6 nitrogen and oxygen atoms in total. The largest absolute Gasteiger partial charge is 0.394 e. The summed E-state index contributed by atoms with van der Waals surface area (Å²) in [6.07, 6.45) is 6.77. The van der Waals surface area contributed by atoms with E-state index >= 15 is 0 Å². The number of pyridine rings is 1. The van der Waals surface area contributed by atoms with E-state index in [-0.39, 0.29) is 18.3 Å². The number of anilines is 1. The molecule has 2 rings (SSSR count). The van der Waals surface area contributed by atoms with Gasteiger partial charge in [0, 0.05) is 12.7 Å². The minimum atomic E-state index is -0.424. The molecule has 1 aromatic rings. The maximum absolute atomic E-state index is 11.2. The fourth-order valence-corrected chi connectivity index (χ4v) is 3.05. The molecule has 1 aromatic heterocycles. The molecule has 7 heteroatoms. The van der Waals surface area contributed by atoms with Crippen molar-refractivity contribution in [1.82, 2.24) is 4.98 Å². The van der Waals surface area contributed by atoms with Crippen molar-refractivity contribution in [1.29, 1.82) is 0 Å². The van der Waals surface area contributed by atoms with Gasteiger partial charge in [-0.3, -0.25) is 15.1 Å². The molecular formula is C12H16BrN3O3. The fourth-order valence-electron chi connectivity index (χ4n) is 2.50. The smallest absolute Gasteiger partial charge is 0.311 e. The van der Waals surface area contributed by atoms with Crippen LogP contribution in [0.25, 0.3) is 0 Å². The lowest BCUT2D eigenvalue weighted by molar-refractivity contribution is -0.384. The van der Waals surface area contributed by atoms with Crippen molar-refractivity contribution in [2.24, 2.45) is 0 Å². The second-order valence-electron chi connectivity index (χ2n) is 4.63. The number of aromatic nitrogens is 1. The third kappa shape index (κ3) is 3.03. The van der Waals surface area contributed by atoms with Crippen molar-refractivity contribution in [3.8, 4) is 0 Å². The molecule has 1 saturated heterocycles. The van der Waals surface area contributed by atoms with Gasteiger partial charge in [0.1, 0.15) is 11.9 Å². The lowest BCUT2D eigenvalue weighted by atomic mass is 10.1. The van der Waals surface area contributed by atoms with E-state index in [0.29, 0.717) is 16.7 Å². The van der Waals surface area contributed by atoms with Gasteiger partial charge in [0.2, 0.25) is 0 Å². The molecule has 0 saturated carbocycles. The summed E-state index contributed by atoms with van der Waals surface area (Å²) in [5.74, 6) is 0. The molecule has 1 atom stereocenters. The molecule has 1 aliphatic heterocycles. The van der Waals surface area contributed by atoms with Crippen LogP contribution >= 0.6 is 15.9 Å². The SMILES string of the molecule is O=[N+]([O-])c1cncc(Br)c1N1CCCCCC1CO. The van der Waals surface area contributed by atoms with E-state index < -0.39 is 4.92 Å². The Morgan fingerprint density at radius 1 is 1.47 bits per heavy atom. The second-order valence-corrected chi connectivity index (χ2v) is 5.48. The summed E-state index contributed by atoms with van der Waals surface area (Å²) in [7, 11) is 0. The van der Waals surface area contributed by atoms with E-state index in [9.17, 15) is 15.2 Å². The molecule has 1 fully saturated rings. The van der Waals surface area contributed by atoms with Crippen LogP contribution in [0.4, 0.5) is 11.4 Å². The average molecular weight is 330 g/mol. The van der Waals surface area contributed by atoms with Crippen LogP contribution in [-0.4, -0.2) is 34.2 Å². The quantitative estimate of drug-likeness (QED) is 0.680. The predicted molar refractivity (Wildman–Crippen MR) is 75.3 cm³/mol.